The van der Waals surface area contributed by atoms with Crippen molar-refractivity contribution in [3.05, 3.63) is 17.5 Å². The van der Waals surface area contributed by atoms with Crippen molar-refractivity contribution in [2.24, 2.45) is 5.41 Å². The Hall–Kier alpha value is -1.63. The van der Waals surface area contributed by atoms with Gasteiger partial charge in [0.25, 0.3) is 0 Å². The van der Waals surface area contributed by atoms with Crippen LogP contribution in [0.1, 0.15) is 44.5 Å². The molecule has 0 aliphatic carbocycles. The Kier molecular flexibility index (Phi) is 3.51. The van der Waals surface area contributed by atoms with E-state index in [1.165, 1.54) is 19.3 Å². The maximum absolute atomic E-state index is 8.97. The Bertz CT molecular complexity index is 471. The predicted molar refractivity (Wildman–Crippen MR) is 71.3 cm³/mol. The third kappa shape index (κ3) is 2.31. The van der Waals surface area contributed by atoms with Crippen molar-refractivity contribution in [3.63, 3.8) is 0 Å². The van der Waals surface area contributed by atoms with E-state index in [0.717, 1.165) is 24.7 Å². The normalized spacial score (nSPS) is 17.8. The minimum absolute atomic E-state index is 0.403. The quantitative estimate of drug-likeness (QED) is 0.820. The molecule has 0 aromatic carbocycles. The van der Waals surface area contributed by atoms with Crippen LogP contribution in [0.5, 0.6) is 0 Å². The number of hydrogen-bond donors (Lipinski definition) is 0. The van der Waals surface area contributed by atoms with Gasteiger partial charge >= 0.3 is 0 Å². The Morgan fingerprint density at radius 3 is 2.67 bits per heavy atom. The van der Waals surface area contributed by atoms with E-state index in [4.69, 9.17) is 5.26 Å². The van der Waals surface area contributed by atoms with E-state index in [1.807, 2.05) is 6.92 Å². The highest BCUT2D eigenvalue weighted by Crippen LogP contribution is 2.38. The van der Waals surface area contributed by atoms with Crippen molar-refractivity contribution in [2.45, 2.75) is 40.0 Å². The van der Waals surface area contributed by atoms with Gasteiger partial charge in [-0.05, 0) is 37.7 Å². The topological polar surface area (TPSA) is 52.8 Å². The average Bonchev–Trinajstić information content (AvgIpc) is 2.83. The molecular formula is C14H20N4. The van der Waals surface area contributed by atoms with Gasteiger partial charge in [-0.2, -0.15) is 5.26 Å². The maximum atomic E-state index is 8.97. The van der Waals surface area contributed by atoms with Crippen LogP contribution in [0.4, 0.5) is 5.95 Å². The van der Waals surface area contributed by atoms with Gasteiger partial charge < -0.3 is 4.90 Å². The van der Waals surface area contributed by atoms with Crippen molar-refractivity contribution >= 4 is 5.95 Å². The van der Waals surface area contributed by atoms with Crippen molar-refractivity contribution in [3.8, 4) is 6.07 Å². The fourth-order valence-electron chi connectivity index (χ4n) is 2.68. The number of anilines is 1. The summed E-state index contributed by atoms with van der Waals surface area (Å²) >= 11 is 0. The van der Waals surface area contributed by atoms with Gasteiger partial charge in [0.1, 0.15) is 11.8 Å². The summed E-state index contributed by atoms with van der Waals surface area (Å²) in [5, 5.41) is 8.97. The Morgan fingerprint density at radius 1 is 1.39 bits per heavy atom. The second kappa shape index (κ2) is 4.93. The first-order valence-corrected chi connectivity index (χ1v) is 6.63. The molecule has 4 nitrogen and oxygen atoms in total. The summed E-state index contributed by atoms with van der Waals surface area (Å²) in [5.74, 6) is 0.718. The highest BCUT2D eigenvalue weighted by Gasteiger charge is 2.36. The van der Waals surface area contributed by atoms with E-state index in [1.54, 1.807) is 6.07 Å². The van der Waals surface area contributed by atoms with Crippen LogP contribution in [0.25, 0.3) is 0 Å². The summed E-state index contributed by atoms with van der Waals surface area (Å²) in [7, 11) is 0. The van der Waals surface area contributed by atoms with Gasteiger partial charge in [0.2, 0.25) is 5.95 Å². The van der Waals surface area contributed by atoms with Crippen LogP contribution in [0.2, 0.25) is 0 Å². The first kappa shape index (κ1) is 12.8. The highest BCUT2D eigenvalue weighted by atomic mass is 15.3. The number of hydrogen-bond acceptors (Lipinski definition) is 4. The second-order valence-corrected chi connectivity index (χ2v) is 5.19. The third-order valence-electron chi connectivity index (χ3n) is 4.18. The summed E-state index contributed by atoms with van der Waals surface area (Å²) < 4.78 is 0. The van der Waals surface area contributed by atoms with Crippen LogP contribution in [-0.4, -0.2) is 23.1 Å². The van der Waals surface area contributed by atoms with Gasteiger partial charge in [-0.15, -0.1) is 0 Å². The zero-order valence-electron chi connectivity index (χ0n) is 11.4. The van der Waals surface area contributed by atoms with E-state index in [9.17, 15) is 0 Å². The zero-order valence-corrected chi connectivity index (χ0v) is 11.4. The maximum Gasteiger partial charge on any atom is 0.226 e. The molecule has 0 radical (unpaired) electrons. The van der Waals surface area contributed by atoms with Crippen molar-refractivity contribution < 1.29 is 0 Å². The van der Waals surface area contributed by atoms with Crippen LogP contribution in [0, 0.1) is 23.7 Å². The minimum atomic E-state index is 0.403. The summed E-state index contributed by atoms with van der Waals surface area (Å²) in [6, 6.07) is 3.83. The molecule has 1 saturated heterocycles. The first-order valence-electron chi connectivity index (χ1n) is 6.63. The molecule has 1 aliphatic rings. The van der Waals surface area contributed by atoms with Crippen molar-refractivity contribution in [2.75, 3.05) is 18.0 Å². The number of aromatic nitrogens is 2. The Balaban J connectivity index is 2.24. The van der Waals surface area contributed by atoms with Crippen LogP contribution >= 0.6 is 0 Å². The minimum Gasteiger partial charge on any atom is -0.340 e. The summed E-state index contributed by atoms with van der Waals surface area (Å²) in [5.41, 5.74) is 1.73. The number of aryl methyl sites for hydroxylation is 1. The number of nitrogens with zero attached hydrogens (tertiary/aromatic N) is 4. The molecule has 0 N–H and O–H groups in total. The molecule has 2 rings (SSSR count). The largest absolute Gasteiger partial charge is 0.340 e. The van der Waals surface area contributed by atoms with Crippen LogP contribution in [0.3, 0.4) is 0 Å². The van der Waals surface area contributed by atoms with Crippen molar-refractivity contribution in [1.82, 2.24) is 9.97 Å². The average molecular weight is 244 g/mol. The second-order valence-electron chi connectivity index (χ2n) is 5.19. The Labute approximate surface area is 109 Å². The molecule has 1 aromatic heterocycles. The molecule has 18 heavy (non-hydrogen) atoms. The van der Waals surface area contributed by atoms with Gasteiger partial charge in [0, 0.05) is 18.8 Å². The lowest BCUT2D eigenvalue weighted by atomic mass is 9.82. The molecule has 2 heterocycles. The van der Waals surface area contributed by atoms with Crippen molar-refractivity contribution in [1.29, 1.82) is 5.26 Å². The molecule has 4 heteroatoms. The van der Waals surface area contributed by atoms with E-state index < -0.39 is 0 Å². The fourth-order valence-corrected chi connectivity index (χ4v) is 2.68. The standard InChI is InChI=1S/C14H20N4/c1-4-14(5-2)6-7-18(10-14)13-16-11(3)8-12(9-15)17-13/h8H,4-7,10H2,1-3H3. The summed E-state index contributed by atoms with van der Waals surface area (Å²) in [6.07, 6.45) is 3.58. The Morgan fingerprint density at radius 2 is 2.11 bits per heavy atom. The lowest BCUT2D eigenvalue weighted by Crippen LogP contribution is -2.27. The highest BCUT2D eigenvalue weighted by molar-refractivity contribution is 5.37. The first-order chi connectivity index (χ1) is 8.62. The molecule has 1 fully saturated rings. The predicted octanol–water partition coefficient (Wildman–Crippen LogP) is 2.67. The molecular weight excluding hydrogens is 224 g/mol. The smallest absolute Gasteiger partial charge is 0.226 e. The lowest BCUT2D eigenvalue weighted by Gasteiger charge is -2.26. The molecule has 0 saturated carbocycles. The van der Waals surface area contributed by atoms with Gasteiger partial charge in [0.05, 0.1) is 0 Å². The molecule has 0 unspecified atom stereocenters. The summed E-state index contributed by atoms with van der Waals surface area (Å²) in [4.78, 5) is 11.0. The van der Waals surface area contributed by atoms with E-state index in [2.05, 4.69) is 34.8 Å². The molecule has 1 aliphatic heterocycles. The van der Waals surface area contributed by atoms with Gasteiger partial charge in [0.15, 0.2) is 0 Å². The molecule has 0 bridgehead atoms. The van der Waals surface area contributed by atoms with E-state index in [-0.39, 0.29) is 0 Å². The van der Waals surface area contributed by atoms with Gasteiger partial charge in [-0.3, -0.25) is 0 Å². The van der Waals surface area contributed by atoms with E-state index in [0.29, 0.717) is 11.1 Å². The van der Waals surface area contributed by atoms with E-state index >= 15 is 0 Å². The molecule has 0 spiro atoms. The van der Waals surface area contributed by atoms with Gasteiger partial charge in [-0.1, -0.05) is 13.8 Å². The SMILES string of the molecule is CCC1(CC)CCN(c2nc(C)cc(C#N)n2)C1. The molecule has 1 aromatic rings. The third-order valence-corrected chi connectivity index (χ3v) is 4.18. The zero-order chi connectivity index (χ0) is 13.2. The summed E-state index contributed by atoms with van der Waals surface area (Å²) in [6.45, 7) is 8.43. The molecule has 96 valence electrons. The molecule has 0 amide bonds. The monoisotopic (exact) mass is 244 g/mol. The van der Waals surface area contributed by atoms with Gasteiger partial charge in [-0.25, -0.2) is 9.97 Å². The number of nitriles is 1. The lowest BCUT2D eigenvalue weighted by molar-refractivity contribution is 0.301. The molecule has 0 atom stereocenters. The fraction of sp³-hybridized carbons (Fsp3) is 0.643. The van der Waals surface area contributed by atoms with Crippen LogP contribution in [0.15, 0.2) is 6.07 Å². The van der Waals surface area contributed by atoms with Crippen LogP contribution in [-0.2, 0) is 0 Å². The number of rotatable bonds is 3. The van der Waals surface area contributed by atoms with Crippen LogP contribution < -0.4 is 4.90 Å².